The maximum atomic E-state index is 4.08. The van der Waals surface area contributed by atoms with Crippen LogP contribution in [0.15, 0.2) is 5.16 Å². The molecule has 1 N–H and O–H groups in total. The first-order valence-electron chi connectivity index (χ1n) is 6.85. The van der Waals surface area contributed by atoms with Crippen molar-refractivity contribution in [2.24, 2.45) is 11.8 Å². The summed E-state index contributed by atoms with van der Waals surface area (Å²) < 4.78 is 1.91. The van der Waals surface area contributed by atoms with Crippen LogP contribution in [0.4, 0.5) is 0 Å². The maximum Gasteiger partial charge on any atom is 0.209 e. The largest absolute Gasteiger partial charge is 0.315 e. The van der Waals surface area contributed by atoms with Crippen molar-refractivity contribution >= 4 is 11.8 Å². The maximum absolute atomic E-state index is 4.08. The van der Waals surface area contributed by atoms with Gasteiger partial charge in [-0.3, -0.25) is 0 Å². The summed E-state index contributed by atoms with van der Waals surface area (Å²) >= 11 is 1.79. The van der Waals surface area contributed by atoms with E-state index in [0.717, 1.165) is 36.5 Å². The standard InChI is InChI=1S/C12H23N5S/c1-10(2)9-13-6-7-17-12(14-15-16-17)18-8-5-11-3-4-11/h10-11,13H,3-9H2,1-2H3. The summed E-state index contributed by atoms with van der Waals surface area (Å²) in [6.07, 6.45) is 4.15. The van der Waals surface area contributed by atoms with Gasteiger partial charge in [-0.05, 0) is 35.2 Å². The Balaban J connectivity index is 1.65. The highest BCUT2D eigenvalue weighted by atomic mass is 32.2. The Morgan fingerprint density at radius 2 is 2.28 bits per heavy atom. The molecule has 0 atom stereocenters. The minimum absolute atomic E-state index is 0.686. The van der Waals surface area contributed by atoms with Crippen LogP contribution in [0.2, 0.25) is 0 Å². The molecule has 1 heterocycles. The van der Waals surface area contributed by atoms with Crippen LogP contribution in [-0.4, -0.2) is 39.0 Å². The van der Waals surface area contributed by atoms with E-state index in [-0.39, 0.29) is 0 Å². The van der Waals surface area contributed by atoms with E-state index in [2.05, 4.69) is 34.7 Å². The van der Waals surface area contributed by atoms with Crippen LogP contribution in [0.1, 0.15) is 33.1 Å². The van der Waals surface area contributed by atoms with Gasteiger partial charge in [0.25, 0.3) is 0 Å². The van der Waals surface area contributed by atoms with E-state index >= 15 is 0 Å². The molecule has 1 aromatic heterocycles. The highest BCUT2D eigenvalue weighted by Gasteiger charge is 2.20. The van der Waals surface area contributed by atoms with Crippen molar-refractivity contribution in [2.75, 3.05) is 18.8 Å². The summed E-state index contributed by atoms with van der Waals surface area (Å²) in [4.78, 5) is 0. The molecule has 1 fully saturated rings. The molecule has 0 radical (unpaired) electrons. The third-order valence-corrected chi connectivity index (χ3v) is 4.00. The van der Waals surface area contributed by atoms with Gasteiger partial charge in [0.1, 0.15) is 0 Å². The van der Waals surface area contributed by atoms with Crippen LogP contribution in [0.3, 0.4) is 0 Å². The van der Waals surface area contributed by atoms with Crippen LogP contribution >= 0.6 is 11.8 Å². The predicted octanol–water partition coefficient (Wildman–Crippen LogP) is 1.81. The first-order valence-corrected chi connectivity index (χ1v) is 7.84. The van der Waals surface area contributed by atoms with Crippen LogP contribution in [-0.2, 0) is 6.54 Å². The molecule has 0 bridgehead atoms. The van der Waals surface area contributed by atoms with Crippen molar-refractivity contribution in [1.82, 2.24) is 25.5 Å². The summed E-state index contributed by atoms with van der Waals surface area (Å²) in [6, 6.07) is 0. The third kappa shape index (κ3) is 4.94. The molecular formula is C12H23N5S. The Hall–Kier alpha value is -0.620. The lowest BCUT2D eigenvalue weighted by atomic mass is 10.2. The second-order valence-corrected chi connectivity index (χ2v) is 6.43. The van der Waals surface area contributed by atoms with Crippen molar-refractivity contribution in [1.29, 1.82) is 0 Å². The molecule has 5 nitrogen and oxygen atoms in total. The molecule has 1 aliphatic rings. The summed E-state index contributed by atoms with van der Waals surface area (Å²) in [5.74, 6) is 2.81. The van der Waals surface area contributed by atoms with Gasteiger partial charge in [-0.1, -0.05) is 38.5 Å². The fourth-order valence-electron chi connectivity index (χ4n) is 1.74. The minimum atomic E-state index is 0.686. The average molecular weight is 269 g/mol. The molecule has 0 aliphatic heterocycles. The summed E-state index contributed by atoms with van der Waals surface area (Å²) in [5, 5.41) is 16.3. The Bertz CT molecular complexity index is 348. The number of rotatable bonds is 9. The fraction of sp³-hybridized carbons (Fsp3) is 0.917. The Kier molecular flexibility index (Phi) is 5.44. The van der Waals surface area contributed by atoms with Gasteiger partial charge in [-0.2, -0.15) is 0 Å². The molecule has 0 spiro atoms. The molecule has 1 saturated carbocycles. The van der Waals surface area contributed by atoms with E-state index in [1.54, 1.807) is 11.8 Å². The zero-order valence-electron chi connectivity index (χ0n) is 11.3. The Morgan fingerprint density at radius 1 is 1.44 bits per heavy atom. The molecule has 102 valence electrons. The van der Waals surface area contributed by atoms with Crippen LogP contribution in [0.5, 0.6) is 0 Å². The molecule has 1 aromatic rings. The summed E-state index contributed by atoms with van der Waals surface area (Å²) in [6.45, 7) is 7.25. The van der Waals surface area contributed by atoms with Gasteiger partial charge in [-0.25, -0.2) is 4.68 Å². The SMILES string of the molecule is CC(C)CNCCn1nnnc1SCCC1CC1. The van der Waals surface area contributed by atoms with E-state index < -0.39 is 0 Å². The zero-order valence-corrected chi connectivity index (χ0v) is 12.1. The normalized spacial score (nSPS) is 15.5. The van der Waals surface area contributed by atoms with Crippen molar-refractivity contribution in [3.63, 3.8) is 0 Å². The third-order valence-electron chi connectivity index (χ3n) is 3.01. The number of thioether (sulfide) groups is 1. The summed E-state index contributed by atoms with van der Waals surface area (Å²) in [5.41, 5.74) is 0. The minimum Gasteiger partial charge on any atom is -0.315 e. The molecule has 0 unspecified atom stereocenters. The fourth-order valence-corrected chi connectivity index (χ4v) is 2.74. The van der Waals surface area contributed by atoms with Crippen LogP contribution < -0.4 is 5.32 Å². The number of hydrogen-bond donors (Lipinski definition) is 1. The first kappa shape index (κ1) is 13.8. The molecule has 2 rings (SSSR count). The second-order valence-electron chi connectivity index (χ2n) is 5.36. The van der Waals surface area contributed by atoms with Crippen molar-refractivity contribution in [3.8, 4) is 0 Å². The van der Waals surface area contributed by atoms with Crippen molar-refractivity contribution in [3.05, 3.63) is 0 Å². The average Bonchev–Trinajstić information content (AvgIpc) is 3.04. The van der Waals surface area contributed by atoms with E-state index in [9.17, 15) is 0 Å². The van der Waals surface area contributed by atoms with E-state index in [1.807, 2.05) is 4.68 Å². The van der Waals surface area contributed by atoms with Gasteiger partial charge in [-0.15, -0.1) is 5.10 Å². The van der Waals surface area contributed by atoms with E-state index in [4.69, 9.17) is 0 Å². The molecule has 0 saturated heterocycles. The monoisotopic (exact) mass is 269 g/mol. The molecular weight excluding hydrogens is 246 g/mol. The molecule has 0 aromatic carbocycles. The Labute approximate surface area is 113 Å². The van der Waals surface area contributed by atoms with Crippen molar-refractivity contribution in [2.45, 2.75) is 44.8 Å². The highest BCUT2D eigenvalue weighted by Crippen LogP contribution is 2.34. The topological polar surface area (TPSA) is 55.6 Å². The molecule has 18 heavy (non-hydrogen) atoms. The lowest BCUT2D eigenvalue weighted by Crippen LogP contribution is -2.24. The lowest BCUT2D eigenvalue weighted by Gasteiger charge is -2.07. The molecule has 0 amide bonds. The molecule has 6 heteroatoms. The summed E-state index contributed by atoms with van der Waals surface area (Å²) in [7, 11) is 0. The number of hydrogen-bond acceptors (Lipinski definition) is 5. The van der Waals surface area contributed by atoms with Gasteiger partial charge < -0.3 is 5.32 Å². The highest BCUT2D eigenvalue weighted by molar-refractivity contribution is 7.99. The van der Waals surface area contributed by atoms with Gasteiger partial charge in [0.05, 0.1) is 6.54 Å². The van der Waals surface area contributed by atoms with Gasteiger partial charge >= 0.3 is 0 Å². The van der Waals surface area contributed by atoms with Crippen LogP contribution in [0.25, 0.3) is 0 Å². The Morgan fingerprint density at radius 3 is 3.00 bits per heavy atom. The first-order chi connectivity index (χ1) is 8.75. The van der Waals surface area contributed by atoms with Crippen molar-refractivity contribution < 1.29 is 0 Å². The van der Waals surface area contributed by atoms with Gasteiger partial charge in [0.2, 0.25) is 5.16 Å². The quantitative estimate of drug-likeness (QED) is 0.547. The van der Waals surface area contributed by atoms with E-state index in [1.165, 1.54) is 19.3 Å². The lowest BCUT2D eigenvalue weighted by molar-refractivity contribution is 0.482. The zero-order chi connectivity index (χ0) is 12.8. The van der Waals surface area contributed by atoms with Gasteiger partial charge in [0.15, 0.2) is 0 Å². The smallest absolute Gasteiger partial charge is 0.209 e. The predicted molar refractivity (Wildman–Crippen MR) is 73.6 cm³/mol. The van der Waals surface area contributed by atoms with Crippen LogP contribution in [0, 0.1) is 11.8 Å². The number of aromatic nitrogens is 4. The number of tetrazole rings is 1. The van der Waals surface area contributed by atoms with E-state index in [0.29, 0.717) is 5.92 Å². The second kappa shape index (κ2) is 7.09. The number of nitrogens with one attached hydrogen (secondary N) is 1. The molecule has 1 aliphatic carbocycles. The van der Waals surface area contributed by atoms with Gasteiger partial charge in [0, 0.05) is 12.3 Å². The number of nitrogens with zero attached hydrogens (tertiary/aromatic N) is 4.